The molecule has 37 heavy (non-hydrogen) atoms. The third-order valence-corrected chi connectivity index (χ3v) is 5.89. The lowest BCUT2D eigenvalue weighted by atomic mass is 10.1. The van der Waals surface area contributed by atoms with Gasteiger partial charge in [0.15, 0.2) is 0 Å². The summed E-state index contributed by atoms with van der Waals surface area (Å²) in [5.41, 5.74) is 3.12. The van der Waals surface area contributed by atoms with E-state index < -0.39 is 11.8 Å². The second-order valence-electron chi connectivity index (χ2n) is 8.29. The first kappa shape index (κ1) is 25.5. The molecule has 0 bridgehead atoms. The van der Waals surface area contributed by atoms with Crippen LogP contribution in [0, 0.1) is 5.41 Å². The summed E-state index contributed by atoms with van der Waals surface area (Å²) in [7, 11) is 1.80. The number of anilines is 2. The van der Waals surface area contributed by atoms with Crippen molar-refractivity contribution in [3.63, 3.8) is 0 Å². The Labute approximate surface area is 219 Å². The Hall–Kier alpha value is -4.62. The normalized spacial score (nSPS) is 10.4. The molecule has 0 aliphatic carbocycles. The number of halogens is 1. The van der Waals surface area contributed by atoms with Crippen molar-refractivity contribution in [2.24, 2.45) is 0 Å². The number of carbonyl (C=O) groups excluding carboxylic acids is 2. The van der Waals surface area contributed by atoms with Crippen molar-refractivity contribution in [3.8, 4) is 0 Å². The number of nitrogens with one attached hydrogen (secondary N) is 3. The van der Waals surface area contributed by atoms with E-state index in [1.165, 1.54) is 6.07 Å². The van der Waals surface area contributed by atoms with Crippen LogP contribution in [-0.2, 0) is 6.54 Å². The zero-order chi connectivity index (χ0) is 26.4. The van der Waals surface area contributed by atoms with Crippen LogP contribution in [-0.4, -0.2) is 29.6 Å². The summed E-state index contributed by atoms with van der Waals surface area (Å²) in [4.78, 5) is 27.7. The van der Waals surface area contributed by atoms with Gasteiger partial charge >= 0.3 is 0 Å². The molecule has 3 aromatic carbocycles. The molecule has 1 aromatic heterocycles. The van der Waals surface area contributed by atoms with Gasteiger partial charge in [-0.3, -0.25) is 15.0 Å². The molecule has 0 fully saturated rings. The second kappa shape index (κ2) is 11.4. The number of nitrogens with zero attached hydrogens (tertiary/aromatic N) is 1. The van der Waals surface area contributed by atoms with Crippen LogP contribution in [0.2, 0.25) is 5.02 Å². The summed E-state index contributed by atoms with van der Waals surface area (Å²) in [5.74, 6) is 0.238. The van der Waals surface area contributed by atoms with E-state index in [1.54, 1.807) is 78.9 Å². The third kappa shape index (κ3) is 6.34. The van der Waals surface area contributed by atoms with Crippen molar-refractivity contribution in [2.45, 2.75) is 6.54 Å². The van der Waals surface area contributed by atoms with Crippen LogP contribution in [0.5, 0.6) is 0 Å². The van der Waals surface area contributed by atoms with Crippen LogP contribution in [0.1, 0.15) is 37.6 Å². The fourth-order valence-corrected chi connectivity index (χ4v) is 3.80. The lowest BCUT2D eigenvalue weighted by molar-refractivity contribution is 0.102. The number of rotatable bonds is 8. The van der Waals surface area contributed by atoms with E-state index in [9.17, 15) is 9.59 Å². The van der Waals surface area contributed by atoms with Gasteiger partial charge in [0.25, 0.3) is 11.8 Å². The van der Waals surface area contributed by atoms with E-state index in [0.29, 0.717) is 39.9 Å². The number of amides is 2. The lowest BCUT2D eigenvalue weighted by Gasteiger charge is -2.19. The number of furan rings is 1. The Kier molecular flexibility index (Phi) is 7.86. The van der Waals surface area contributed by atoms with Crippen LogP contribution >= 0.6 is 11.6 Å². The van der Waals surface area contributed by atoms with Gasteiger partial charge < -0.3 is 20.0 Å². The highest BCUT2D eigenvalue weighted by Gasteiger charge is 2.17. The van der Waals surface area contributed by atoms with Gasteiger partial charge in [0.1, 0.15) is 11.6 Å². The molecule has 0 aliphatic heterocycles. The van der Waals surface area contributed by atoms with Crippen LogP contribution in [0.3, 0.4) is 0 Å². The predicted molar refractivity (Wildman–Crippen MR) is 147 cm³/mol. The zero-order valence-corrected chi connectivity index (χ0v) is 20.9. The quantitative estimate of drug-likeness (QED) is 0.184. The molecule has 0 atom stereocenters. The van der Waals surface area contributed by atoms with Crippen molar-refractivity contribution in [3.05, 3.63) is 125 Å². The van der Waals surface area contributed by atoms with Gasteiger partial charge in [0.05, 0.1) is 24.1 Å². The van der Waals surface area contributed by atoms with E-state index in [-0.39, 0.29) is 5.56 Å². The number of carbonyl (C=O) groups is 2. The van der Waals surface area contributed by atoms with Crippen molar-refractivity contribution < 1.29 is 14.0 Å². The molecule has 0 aliphatic rings. The summed E-state index contributed by atoms with van der Waals surface area (Å²) in [6.45, 7) is 4.17. The molecule has 4 rings (SSSR count). The molecule has 0 saturated heterocycles. The van der Waals surface area contributed by atoms with Crippen LogP contribution in [0.25, 0.3) is 6.08 Å². The largest absolute Gasteiger partial charge is 0.467 e. The number of amidine groups is 1. The maximum Gasteiger partial charge on any atom is 0.257 e. The molecule has 2 amide bonds. The Morgan fingerprint density at radius 3 is 2.32 bits per heavy atom. The molecule has 0 spiro atoms. The van der Waals surface area contributed by atoms with Gasteiger partial charge in [-0.05, 0) is 60.2 Å². The Balaban J connectivity index is 1.45. The molecule has 4 aromatic rings. The Bertz CT molecular complexity index is 1430. The van der Waals surface area contributed by atoms with Crippen molar-refractivity contribution in [2.75, 3.05) is 17.7 Å². The summed E-state index contributed by atoms with van der Waals surface area (Å²) in [6.07, 6.45) is 3.31. The van der Waals surface area contributed by atoms with Gasteiger partial charge in [-0.15, -0.1) is 0 Å². The van der Waals surface area contributed by atoms with Crippen molar-refractivity contribution in [1.82, 2.24) is 4.90 Å². The van der Waals surface area contributed by atoms with E-state index >= 15 is 0 Å². The van der Waals surface area contributed by atoms with Crippen LogP contribution < -0.4 is 10.6 Å². The van der Waals surface area contributed by atoms with Gasteiger partial charge in [-0.1, -0.05) is 48.5 Å². The molecule has 1 heterocycles. The summed E-state index contributed by atoms with van der Waals surface area (Å²) in [5, 5.41) is 14.4. The molecule has 7 nitrogen and oxygen atoms in total. The van der Waals surface area contributed by atoms with Gasteiger partial charge in [-0.25, -0.2) is 0 Å². The molecular formula is C29H25ClN4O3. The first-order chi connectivity index (χ1) is 17.8. The Morgan fingerprint density at radius 1 is 0.973 bits per heavy atom. The average molecular weight is 513 g/mol. The smallest absolute Gasteiger partial charge is 0.257 e. The number of benzene rings is 3. The molecule has 0 radical (unpaired) electrons. The van der Waals surface area contributed by atoms with Crippen LogP contribution in [0.4, 0.5) is 11.4 Å². The van der Waals surface area contributed by atoms with Gasteiger partial charge in [0, 0.05) is 28.9 Å². The SMILES string of the molecule is C=Cc1ccc(NC(=O)c2cc(Cl)ccc2NC(=O)c2ccc(C(=N)N(C)Cc3ccco3)cc2)cc1. The highest BCUT2D eigenvalue weighted by Crippen LogP contribution is 2.23. The molecule has 8 heteroatoms. The highest BCUT2D eigenvalue weighted by atomic mass is 35.5. The van der Waals surface area contributed by atoms with Crippen LogP contribution in [0.15, 0.2) is 96.1 Å². The molecule has 186 valence electrons. The lowest BCUT2D eigenvalue weighted by Crippen LogP contribution is -2.26. The first-order valence-electron chi connectivity index (χ1n) is 11.4. The minimum atomic E-state index is -0.410. The fraction of sp³-hybridized carbons (Fsp3) is 0.0690. The molecule has 3 N–H and O–H groups in total. The van der Waals surface area contributed by atoms with Crippen molar-refractivity contribution in [1.29, 1.82) is 5.41 Å². The third-order valence-electron chi connectivity index (χ3n) is 5.65. The maximum atomic E-state index is 13.0. The average Bonchev–Trinajstić information content (AvgIpc) is 3.42. The standard InChI is InChI=1S/C29H25ClN4O3/c1-3-19-6-13-23(14-7-19)32-29(36)25-17-22(30)12-15-26(25)33-28(35)21-10-8-20(9-11-21)27(31)34(2)18-24-5-4-16-37-24/h3-17,31H,1,18H2,2H3,(H,32,36)(H,33,35). The summed E-state index contributed by atoms with van der Waals surface area (Å²) in [6, 6.07) is 22.2. The van der Waals surface area contributed by atoms with Gasteiger partial charge in [0.2, 0.25) is 0 Å². The highest BCUT2D eigenvalue weighted by molar-refractivity contribution is 6.31. The Morgan fingerprint density at radius 2 is 1.68 bits per heavy atom. The van der Waals surface area contributed by atoms with Gasteiger partial charge in [-0.2, -0.15) is 0 Å². The number of hydrogen-bond acceptors (Lipinski definition) is 4. The molecular weight excluding hydrogens is 488 g/mol. The maximum absolute atomic E-state index is 13.0. The topological polar surface area (TPSA) is 98.4 Å². The van der Waals surface area contributed by atoms with Crippen molar-refractivity contribution >= 4 is 46.7 Å². The second-order valence-corrected chi connectivity index (χ2v) is 8.72. The summed E-state index contributed by atoms with van der Waals surface area (Å²) < 4.78 is 5.34. The monoisotopic (exact) mass is 512 g/mol. The summed E-state index contributed by atoms with van der Waals surface area (Å²) >= 11 is 6.14. The first-order valence-corrected chi connectivity index (χ1v) is 11.8. The van der Waals surface area contributed by atoms with E-state index in [2.05, 4.69) is 17.2 Å². The van der Waals surface area contributed by atoms with E-state index in [1.807, 2.05) is 18.2 Å². The minimum absolute atomic E-state index is 0.228. The van der Waals surface area contributed by atoms with E-state index in [0.717, 1.165) is 11.3 Å². The molecule has 0 saturated carbocycles. The number of hydrogen-bond donors (Lipinski definition) is 3. The minimum Gasteiger partial charge on any atom is -0.467 e. The predicted octanol–water partition coefficient (Wildman–Crippen LogP) is 6.54. The fourth-order valence-electron chi connectivity index (χ4n) is 3.62. The zero-order valence-electron chi connectivity index (χ0n) is 20.1. The molecule has 0 unspecified atom stereocenters. The van der Waals surface area contributed by atoms with E-state index in [4.69, 9.17) is 21.4 Å².